The van der Waals surface area contributed by atoms with Gasteiger partial charge in [0.05, 0.1) is 6.61 Å². The van der Waals surface area contributed by atoms with E-state index in [0.717, 1.165) is 5.56 Å². The van der Waals surface area contributed by atoms with Crippen LogP contribution in [0.2, 0.25) is 0 Å². The summed E-state index contributed by atoms with van der Waals surface area (Å²) in [7, 11) is 0. The van der Waals surface area contributed by atoms with Crippen LogP contribution >= 0.6 is 0 Å². The average Bonchev–Trinajstić information content (AvgIpc) is 2.93. The van der Waals surface area contributed by atoms with Crippen molar-refractivity contribution in [2.45, 2.75) is 13.5 Å². The van der Waals surface area contributed by atoms with Crippen LogP contribution in [0.4, 0.5) is 4.79 Å². The number of rotatable bonds is 8. The molecule has 1 aliphatic rings. The van der Waals surface area contributed by atoms with Gasteiger partial charge in [-0.1, -0.05) is 12.1 Å². The molecular formula is C28H31N5O5. The first-order valence-electron chi connectivity index (χ1n) is 12.3. The third-order valence-corrected chi connectivity index (χ3v) is 6.02. The van der Waals surface area contributed by atoms with Crippen molar-refractivity contribution in [1.29, 1.82) is 5.41 Å². The monoisotopic (exact) mass is 517 g/mol. The van der Waals surface area contributed by atoms with E-state index >= 15 is 0 Å². The van der Waals surface area contributed by atoms with Gasteiger partial charge < -0.3 is 35.5 Å². The molecule has 1 heterocycles. The van der Waals surface area contributed by atoms with Gasteiger partial charge in [-0.15, -0.1) is 0 Å². The molecule has 38 heavy (non-hydrogen) atoms. The second-order valence-corrected chi connectivity index (χ2v) is 8.66. The van der Waals surface area contributed by atoms with Gasteiger partial charge in [0.2, 0.25) is 0 Å². The number of amidine groups is 1. The summed E-state index contributed by atoms with van der Waals surface area (Å²) in [5.41, 5.74) is 13.2. The third kappa shape index (κ3) is 6.60. The summed E-state index contributed by atoms with van der Waals surface area (Å²) in [6.45, 7) is 4.03. The Bertz CT molecular complexity index is 1290. The van der Waals surface area contributed by atoms with Crippen LogP contribution in [0.5, 0.6) is 23.0 Å². The highest BCUT2D eigenvalue weighted by atomic mass is 16.6. The van der Waals surface area contributed by atoms with E-state index < -0.39 is 0 Å². The van der Waals surface area contributed by atoms with E-state index in [4.69, 9.17) is 31.1 Å². The average molecular weight is 518 g/mol. The standard InChI is InChI=1S/C28H31N5O5/c1-2-36-28(35)33-13-11-32(12-14-33)27(34)21-15-24(37-22-7-3-19(18-29)4-8-22)17-25(16-21)38-23-9-5-20(6-10-23)26(30)31/h3-10,15-17H,2,11-14,18,29H2,1H3,(H3,30,31). The molecule has 0 saturated carbocycles. The van der Waals surface area contributed by atoms with E-state index in [-0.39, 0.29) is 17.8 Å². The van der Waals surface area contributed by atoms with E-state index in [0.29, 0.717) is 73.5 Å². The Morgan fingerprint density at radius 1 is 0.789 bits per heavy atom. The molecule has 10 heteroatoms. The number of nitrogens with zero attached hydrogens (tertiary/aromatic N) is 2. The Balaban J connectivity index is 1.56. The Kier molecular flexibility index (Phi) is 8.44. The maximum atomic E-state index is 13.4. The molecule has 0 atom stereocenters. The van der Waals surface area contributed by atoms with Crippen molar-refractivity contribution in [3.8, 4) is 23.0 Å². The summed E-state index contributed by atoms with van der Waals surface area (Å²) in [5.74, 6) is 1.70. The number of piperazine rings is 1. The van der Waals surface area contributed by atoms with Gasteiger partial charge in [-0.25, -0.2) is 4.79 Å². The molecular weight excluding hydrogens is 486 g/mol. The number of benzene rings is 3. The molecule has 3 aromatic rings. The molecule has 198 valence electrons. The maximum absolute atomic E-state index is 13.4. The molecule has 2 amide bonds. The van der Waals surface area contributed by atoms with Gasteiger partial charge in [-0.2, -0.15) is 0 Å². The second-order valence-electron chi connectivity index (χ2n) is 8.66. The quantitative estimate of drug-likeness (QED) is 0.303. The van der Waals surface area contributed by atoms with E-state index in [9.17, 15) is 9.59 Å². The smallest absolute Gasteiger partial charge is 0.409 e. The first-order chi connectivity index (χ1) is 18.4. The van der Waals surface area contributed by atoms with Crippen LogP contribution < -0.4 is 20.9 Å². The van der Waals surface area contributed by atoms with E-state index in [2.05, 4.69) is 0 Å². The highest BCUT2D eigenvalue weighted by Crippen LogP contribution is 2.31. The SMILES string of the molecule is CCOC(=O)N1CCN(C(=O)c2cc(Oc3ccc(CN)cc3)cc(Oc3ccc(C(=N)N)cc3)c2)CC1. The first-order valence-corrected chi connectivity index (χ1v) is 12.3. The van der Waals surface area contributed by atoms with Crippen molar-refractivity contribution >= 4 is 17.8 Å². The van der Waals surface area contributed by atoms with Crippen LogP contribution in [0.3, 0.4) is 0 Å². The van der Waals surface area contributed by atoms with Crippen LogP contribution in [-0.2, 0) is 11.3 Å². The lowest BCUT2D eigenvalue weighted by molar-refractivity contribution is 0.0570. The largest absolute Gasteiger partial charge is 0.457 e. The number of nitrogens with one attached hydrogen (secondary N) is 1. The summed E-state index contributed by atoms with van der Waals surface area (Å²) in [5, 5.41) is 7.56. The predicted octanol–water partition coefficient (Wildman–Crippen LogP) is 3.93. The summed E-state index contributed by atoms with van der Waals surface area (Å²) < 4.78 is 17.2. The summed E-state index contributed by atoms with van der Waals surface area (Å²) in [6.07, 6.45) is -0.373. The van der Waals surface area contributed by atoms with Gasteiger partial charge in [0, 0.05) is 49.9 Å². The molecule has 10 nitrogen and oxygen atoms in total. The van der Waals surface area contributed by atoms with E-state index in [1.165, 1.54) is 0 Å². The number of hydrogen-bond donors (Lipinski definition) is 3. The van der Waals surface area contributed by atoms with Crippen molar-refractivity contribution in [1.82, 2.24) is 9.80 Å². The van der Waals surface area contributed by atoms with Crippen LogP contribution in [0.15, 0.2) is 66.7 Å². The lowest BCUT2D eigenvalue weighted by Crippen LogP contribution is -2.50. The fourth-order valence-electron chi connectivity index (χ4n) is 3.97. The minimum Gasteiger partial charge on any atom is -0.457 e. The van der Waals surface area contributed by atoms with Crippen molar-refractivity contribution in [2.75, 3.05) is 32.8 Å². The van der Waals surface area contributed by atoms with Crippen LogP contribution in [0, 0.1) is 5.41 Å². The fourth-order valence-corrected chi connectivity index (χ4v) is 3.97. The zero-order valence-corrected chi connectivity index (χ0v) is 21.2. The van der Waals surface area contributed by atoms with Crippen LogP contribution in [0.25, 0.3) is 0 Å². The fraction of sp³-hybridized carbons (Fsp3) is 0.250. The molecule has 1 fully saturated rings. The van der Waals surface area contributed by atoms with Gasteiger partial charge in [0.25, 0.3) is 5.91 Å². The normalized spacial score (nSPS) is 13.1. The molecule has 0 aliphatic carbocycles. The lowest BCUT2D eigenvalue weighted by atomic mass is 10.1. The number of ether oxygens (including phenoxy) is 3. The van der Waals surface area contributed by atoms with Crippen molar-refractivity contribution in [2.24, 2.45) is 11.5 Å². The van der Waals surface area contributed by atoms with Gasteiger partial charge >= 0.3 is 6.09 Å². The predicted molar refractivity (Wildman–Crippen MR) is 143 cm³/mol. The number of carbonyl (C=O) groups excluding carboxylic acids is 2. The molecule has 0 radical (unpaired) electrons. The second kappa shape index (κ2) is 12.1. The van der Waals surface area contributed by atoms with Gasteiger partial charge in [0.1, 0.15) is 28.8 Å². The summed E-state index contributed by atoms with van der Waals surface area (Å²) in [4.78, 5) is 28.7. The van der Waals surface area contributed by atoms with Crippen LogP contribution in [0.1, 0.15) is 28.4 Å². The topological polar surface area (TPSA) is 144 Å². The minimum absolute atomic E-state index is 0.0384. The highest BCUT2D eigenvalue weighted by Gasteiger charge is 2.26. The molecule has 3 aromatic carbocycles. The number of carbonyl (C=O) groups is 2. The van der Waals surface area contributed by atoms with Gasteiger partial charge in [-0.05, 0) is 61.0 Å². The molecule has 1 aliphatic heterocycles. The summed E-state index contributed by atoms with van der Waals surface area (Å²) in [6, 6.07) is 19.2. The van der Waals surface area contributed by atoms with Gasteiger partial charge in [0.15, 0.2) is 0 Å². The summed E-state index contributed by atoms with van der Waals surface area (Å²) >= 11 is 0. The Morgan fingerprint density at radius 3 is 1.82 bits per heavy atom. The molecule has 0 unspecified atom stereocenters. The highest BCUT2D eigenvalue weighted by molar-refractivity contribution is 5.95. The number of nitrogens with two attached hydrogens (primary N) is 2. The lowest BCUT2D eigenvalue weighted by Gasteiger charge is -2.34. The first kappa shape index (κ1) is 26.5. The number of nitrogen functional groups attached to an aromatic ring is 1. The van der Waals surface area contributed by atoms with Crippen molar-refractivity contribution in [3.05, 3.63) is 83.4 Å². The van der Waals surface area contributed by atoms with Crippen molar-refractivity contribution < 1.29 is 23.8 Å². The van der Waals surface area contributed by atoms with Gasteiger partial charge in [-0.3, -0.25) is 10.2 Å². The van der Waals surface area contributed by atoms with E-state index in [1.54, 1.807) is 59.2 Å². The zero-order chi connectivity index (χ0) is 27.1. The molecule has 5 N–H and O–H groups in total. The molecule has 0 spiro atoms. The minimum atomic E-state index is -0.373. The Hall–Kier alpha value is -4.57. The van der Waals surface area contributed by atoms with E-state index in [1.807, 2.05) is 24.3 Å². The third-order valence-electron chi connectivity index (χ3n) is 6.02. The Morgan fingerprint density at radius 2 is 1.32 bits per heavy atom. The Labute approximate surface area is 221 Å². The zero-order valence-electron chi connectivity index (χ0n) is 21.2. The molecule has 4 rings (SSSR count). The molecule has 1 saturated heterocycles. The number of hydrogen-bond acceptors (Lipinski definition) is 7. The van der Waals surface area contributed by atoms with Crippen LogP contribution in [-0.4, -0.2) is 60.4 Å². The molecule has 0 aromatic heterocycles. The maximum Gasteiger partial charge on any atom is 0.409 e. The van der Waals surface area contributed by atoms with Crippen molar-refractivity contribution in [3.63, 3.8) is 0 Å². The number of amides is 2. The molecule has 0 bridgehead atoms.